The summed E-state index contributed by atoms with van der Waals surface area (Å²) < 4.78 is 1.75. The van der Waals surface area contributed by atoms with Gasteiger partial charge in [-0.15, -0.1) is 11.3 Å². The lowest BCUT2D eigenvalue weighted by Crippen LogP contribution is -1.94. The maximum absolute atomic E-state index is 12.1. The maximum atomic E-state index is 12.1. The Bertz CT molecular complexity index is 628. The van der Waals surface area contributed by atoms with Gasteiger partial charge in [0.1, 0.15) is 5.69 Å². The number of nitrogens with zero attached hydrogens (tertiary/aromatic N) is 2. The molecule has 0 amide bonds. The van der Waals surface area contributed by atoms with Crippen LogP contribution in [0.25, 0.3) is 6.08 Å². The van der Waals surface area contributed by atoms with E-state index < -0.39 is 0 Å². The molecule has 20 heavy (non-hydrogen) atoms. The van der Waals surface area contributed by atoms with E-state index in [4.69, 9.17) is 11.6 Å². The van der Waals surface area contributed by atoms with Crippen LogP contribution in [0.3, 0.4) is 0 Å². The van der Waals surface area contributed by atoms with Crippen LogP contribution in [0.2, 0.25) is 5.02 Å². The average Bonchev–Trinajstić information content (AvgIpc) is 3.03. The minimum absolute atomic E-state index is 0.000492. The van der Waals surface area contributed by atoms with Gasteiger partial charge < -0.3 is 0 Å². The summed E-state index contributed by atoms with van der Waals surface area (Å²) in [6.07, 6.45) is 7.09. The van der Waals surface area contributed by atoms with Crippen LogP contribution in [-0.2, 0) is 13.0 Å². The van der Waals surface area contributed by atoms with Crippen molar-refractivity contribution in [2.45, 2.75) is 33.2 Å². The van der Waals surface area contributed by atoms with Gasteiger partial charge in [-0.05, 0) is 37.6 Å². The maximum Gasteiger partial charge on any atom is 0.195 e. The zero-order valence-electron chi connectivity index (χ0n) is 11.6. The van der Waals surface area contributed by atoms with Crippen molar-refractivity contribution in [1.29, 1.82) is 0 Å². The number of hydrogen-bond acceptors (Lipinski definition) is 3. The molecule has 2 aromatic rings. The van der Waals surface area contributed by atoms with Crippen LogP contribution in [0.5, 0.6) is 0 Å². The van der Waals surface area contributed by atoms with Crippen LogP contribution in [0.4, 0.5) is 0 Å². The Morgan fingerprint density at radius 3 is 2.90 bits per heavy atom. The number of aromatic nitrogens is 2. The van der Waals surface area contributed by atoms with Gasteiger partial charge in [-0.25, -0.2) is 0 Å². The second-order valence-electron chi connectivity index (χ2n) is 4.43. The molecule has 0 aliphatic rings. The first-order valence-corrected chi connectivity index (χ1v) is 7.87. The minimum atomic E-state index is -0.000492. The minimum Gasteiger partial charge on any atom is -0.288 e. The molecule has 0 fully saturated rings. The van der Waals surface area contributed by atoms with E-state index in [-0.39, 0.29) is 5.78 Å². The third-order valence-corrected chi connectivity index (χ3v) is 4.31. The summed E-state index contributed by atoms with van der Waals surface area (Å²) in [4.78, 5) is 14.1. The highest BCUT2D eigenvalue weighted by Gasteiger charge is 2.07. The monoisotopic (exact) mass is 308 g/mol. The van der Waals surface area contributed by atoms with Gasteiger partial charge in [-0.3, -0.25) is 9.48 Å². The molecule has 0 aliphatic heterocycles. The summed E-state index contributed by atoms with van der Waals surface area (Å²) in [5.41, 5.74) is 0.632. The third kappa shape index (κ3) is 3.58. The van der Waals surface area contributed by atoms with Gasteiger partial charge in [-0.1, -0.05) is 24.9 Å². The van der Waals surface area contributed by atoms with Gasteiger partial charge in [0.25, 0.3) is 0 Å². The van der Waals surface area contributed by atoms with E-state index >= 15 is 0 Å². The van der Waals surface area contributed by atoms with Crippen LogP contribution in [0, 0.1) is 0 Å². The van der Waals surface area contributed by atoms with Gasteiger partial charge in [0.15, 0.2) is 5.78 Å². The normalized spacial score (nSPS) is 11.3. The zero-order chi connectivity index (χ0) is 14.5. The van der Waals surface area contributed by atoms with E-state index in [1.54, 1.807) is 28.3 Å². The van der Waals surface area contributed by atoms with Crippen LogP contribution in [-0.4, -0.2) is 15.6 Å². The number of ketones is 1. The molecule has 5 heteroatoms. The van der Waals surface area contributed by atoms with E-state index in [1.807, 2.05) is 19.1 Å². The summed E-state index contributed by atoms with van der Waals surface area (Å²) in [7, 11) is 0. The van der Waals surface area contributed by atoms with Crippen LogP contribution in [0.1, 0.15) is 40.5 Å². The SMILES string of the molecule is CCCc1ccc(C(=O)/C=C/c2nn(CC)cc2Cl)s1. The molecule has 0 N–H and O–H groups in total. The molecule has 2 aromatic heterocycles. The fourth-order valence-corrected chi connectivity index (χ4v) is 3.06. The third-order valence-electron chi connectivity index (χ3n) is 2.86. The van der Waals surface area contributed by atoms with Crippen molar-refractivity contribution >= 4 is 34.8 Å². The van der Waals surface area contributed by atoms with E-state index in [9.17, 15) is 4.79 Å². The summed E-state index contributed by atoms with van der Waals surface area (Å²) in [6.45, 7) is 4.88. The van der Waals surface area contributed by atoms with Gasteiger partial charge in [-0.2, -0.15) is 5.10 Å². The molecule has 0 radical (unpaired) electrons. The molecule has 3 nitrogen and oxygen atoms in total. The lowest BCUT2D eigenvalue weighted by atomic mass is 10.2. The van der Waals surface area contributed by atoms with Crippen LogP contribution in [0.15, 0.2) is 24.4 Å². The zero-order valence-corrected chi connectivity index (χ0v) is 13.2. The van der Waals surface area contributed by atoms with Crippen molar-refractivity contribution in [3.8, 4) is 0 Å². The van der Waals surface area contributed by atoms with Gasteiger partial charge in [0, 0.05) is 17.6 Å². The van der Waals surface area contributed by atoms with E-state index in [2.05, 4.69) is 12.0 Å². The first kappa shape index (κ1) is 15.0. The Balaban J connectivity index is 2.09. The van der Waals surface area contributed by atoms with Crippen molar-refractivity contribution in [3.05, 3.63) is 44.9 Å². The molecule has 2 heterocycles. The lowest BCUT2D eigenvalue weighted by molar-refractivity contribution is 0.105. The standard InChI is InChI=1S/C15H17ClN2OS/c1-3-5-11-6-9-15(20-11)14(19)8-7-13-12(16)10-18(4-2)17-13/h6-10H,3-5H2,1-2H3/b8-7+. The smallest absolute Gasteiger partial charge is 0.195 e. The van der Waals surface area contributed by atoms with E-state index in [1.165, 1.54) is 11.0 Å². The van der Waals surface area contributed by atoms with Crippen LogP contribution < -0.4 is 0 Å². The number of hydrogen-bond donors (Lipinski definition) is 0. The predicted octanol–water partition coefficient (Wildman–Crippen LogP) is 4.47. The van der Waals surface area contributed by atoms with Crippen LogP contribution >= 0.6 is 22.9 Å². The molecule has 2 rings (SSSR count). The van der Waals surface area contributed by atoms with Gasteiger partial charge in [0.05, 0.1) is 9.90 Å². The summed E-state index contributed by atoms with van der Waals surface area (Å²) in [6, 6.07) is 3.91. The Kier molecular flexibility index (Phi) is 5.15. The Morgan fingerprint density at radius 2 is 2.25 bits per heavy atom. The summed E-state index contributed by atoms with van der Waals surface area (Å²) >= 11 is 7.61. The molecular formula is C15H17ClN2OS. The molecule has 0 spiro atoms. The largest absolute Gasteiger partial charge is 0.288 e. The average molecular weight is 309 g/mol. The van der Waals surface area contributed by atoms with E-state index in [0.29, 0.717) is 10.7 Å². The first-order valence-electron chi connectivity index (χ1n) is 6.68. The number of carbonyl (C=O) groups is 1. The molecular weight excluding hydrogens is 292 g/mol. The number of rotatable bonds is 6. The highest BCUT2D eigenvalue weighted by Crippen LogP contribution is 2.20. The molecule has 0 saturated heterocycles. The highest BCUT2D eigenvalue weighted by molar-refractivity contribution is 7.14. The number of allylic oxidation sites excluding steroid dienone is 1. The second-order valence-corrected chi connectivity index (χ2v) is 6.01. The molecule has 106 valence electrons. The fraction of sp³-hybridized carbons (Fsp3) is 0.333. The number of carbonyl (C=O) groups excluding carboxylic acids is 1. The molecule has 0 bridgehead atoms. The van der Waals surface area contributed by atoms with Crippen molar-refractivity contribution in [3.63, 3.8) is 0 Å². The summed E-state index contributed by atoms with van der Waals surface area (Å²) in [5, 5.41) is 4.84. The molecule has 0 aromatic carbocycles. The number of aryl methyl sites for hydroxylation is 2. The van der Waals surface area contributed by atoms with Crippen molar-refractivity contribution in [2.24, 2.45) is 0 Å². The number of halogens is 1. The molecule has 0 aliphatic carbocycles. The quantitative estimate of drug-likeness (QED) is 0.583. The molecule has 0 atom stereocenters. The van der Waals surface area contributed by atoms with Gasteiger partial charge in [0.2, 0.25) is 0 Å². The van der Waals surface area contributed by atoms with Crippen molar-refractivity contribution in [2.75, 3.05) is 0 Å². The fourth-order valence-electron chi connectivity index (χ4n) is 1.81. The predicted molar refractivity (Wildman–Crippen MR) is 84.6 cm³/mol. The molecule has 0 unspecified atom stereocenters. The molecule has 0 saturated carbocycles. The Morgan fingerprint density at radius 1 is 1.45 bits per heavy atom. The van der Waals surface area contributed by atoms with E-state index in [0.717, 1.165) is 24.3 Å². The Labute approximate surface area is 127 Å². The highest BCUT2D eigenvalue weighted by atomic mass is 35.5. The van der Waals surface area contributed by atoms with Gasteiger partial charge >= 0.3 is 0 Å². The lowest BCUT2D eigenvalue weighted by Gasteiger charge is -1.91. The number of thiophene rings is 1. The second kappa shape index (κ2) is 6.86. The van der Waals surface area contributed by atoms with Crippen molar-refractivity contribution in [1.82, 2.24) is 9.78 Å². The Hall–Kier alpha value is -1.39. The summed E-state index contributed by atoms with van der Waals surface area (Å²) in [5.74, 6) is -0.000492. The topological polar surface area (TPSA) is 34.9 Å². The van der Waals surface area contributed by atoms with Crippen molar-refractivity contribution < 1.29 is 4.79 Å². The first-order chi connectivity index (χ1) is 9.63.